The van der Waals surface area contributed by atoms with Gasteiger partial charge in [-0.25, -0.2) is 4.98 Å². The molecule has 0 aliphatic carbocycles. The van der Waals surface area contributed by atoms with E-state index in [9.17, 15) is 9.59 Å². The van der Waals surface area contributed by atoms with Crippen molar-refractivity contribution >= 4 is 39.2 Å². The van der Waals surface area contributed by atoms with Crippen molar-refractivity contribution in [2.24, 2.45) is 0 Å². The van der Waals surface area contributed by atoms with Gasteiger partial charge in [-0.1, -0.05) is 54.6 Å². The molecule has 0 saturated heterocycles. The molecule has 0 bridgehead atoms. The first-order valence-electron chi connectivity index (χ1n) is 14.5. The van der Waals surface area contributed by atoms with Gasteiger partial charge in [-0.05, 0) is 77.9 Å². The molecule has 5 aromatic carbocycles. The summed E-state index contributed by atoms with van der Waals surface area (Å²) in [7, 11) is 1.58. The van der Waals surface area contributed by atoms with E-state index in [4.69, 9.17) is 9.47 Å². The van der Waals surface area contributed by atoms with Gasteiger partial charge in [-0.2, -0.15) is 13.2 Å². The number of nitrogens with one attached hydrogen (secondary N) is 1. The number of imidazole rings is 1. The first-order chi connectivity index (χ1) is 22.1. The topological polar surface area (TPSA) is 82.5 Å². The second kappa shape index (κ2) is 10.8. The number of ketones is 1. The largest absolute Gasteiger partial charge is 0.497 e. The molecule has 0 spiro atoms. The third kappa shape index (κ3) is 4.56. The van der Waals surface area contributed by atoms with E-state index in [2.05, 4.69) is 10.3 Å². The number of benzene rings is 5. The van der Waals surface area contributed by atoms with Gasteiger partial charge in [0.15, 0.2) is 0 Å². The van der Waals surface area contributed by atoms with Gasteiger partial charge < -0.3 is 14.8 Å². The van der Waals surface area contributed by atoms with Crippen LogP contribution in [0.15, 0.2) is 109 Å². The Labute approximate surface area is 261 Å². The molecular weight excluding hydrogens is 595 g/mol. The monoisotopic (exact) mass is 621 g/mol. The number of aromatic nitrogens is 2. The minimum atomic E-state index is -5.11. The Kier molecular flexibility index (Phi) is 6.81. The maximum Gasteiger partial charge on any atom is 0.438 e. The molecule has 7 nitrogen and oxygen atoms in total. The smallest absolute Gasteiger partial charge is 0.438 e. The highest BCUT2D eigenvalue weighted by Crippen LogP contribution is 2.49. The molecule has 0 saturated carbocycles. The Morgan fingerprint density at radius 1 is 0.848 bits per heavy atom. The highest BCUT2D eigenvalue weighted by atomic mass is 19.4. The first kappa shape index (κ1) is 29.1. The third-order valence-corrected chi connectivity index (χ3v) is 8.35. The van der Waals surface area contributed by atoms with Crippen LogP contribution < -0.4 is 14.8 Å². The normalized spacial score (nSPS) is 16.5. The van der Waals surface area contributed by atoms with Gasteiger partial charge >= 0.3 is 12.1 Å². The fraction of sp³-hybridized carbons (Fsp3) is 0.139. The molecule has 2 heterocycles. The second-order valence-corrected chi connectivity index (χ2v) is 11.1. The van der Waals surface area contributed by atoms with Crippen LogP contribution in [0.1, 0.15) is 28.8 Å². The summed E-state index contributed by atoms with van der Waals surface area (Å²) < 4.78 is 58.2. The number of carbonyl (C=O) groups is 2. The summed E-state index contributed by atoms with van der Waals surface area (Å²) in [6.45, 7) is 1.68. The van der Waals surface area contributed by atoms with Crippen molar-refractivity contribution in [2.45, 2.75) is 24.7 Å². The van der Waals surface area contributed by atoms with Crippen molar-refractivity contribution in [3.63, 3.8) is 0 Å². The molecule has 0 amide bonds. The van der Waals surface area contributed by atoms with Gasteiger partial charge in [0.2, 0.25) is 5.78 Å². The van der Waals surface area contributed by atoms with E-state index >= 15 is 13.2 Å². The van der Waals surface area contributed by atoms with Crippen LogP contribution in [0.25, 0.3) is 33.2 Å². The number of fused-ring (bicyclic) bond motifs is 6. The molecule has 46 heavy (non-hydrogen) atoms. The van der Waals surface area contributed by atoms with Crippen LogP contribution >= 0.6 is 0 Å². The molecule has 230 valence electrons. The number of para-hydroxylation sites is 3. The Bertz CT molecular complexity index is 2160. The molecule has 1 aliphatic rings. The van der Waals surface area contributed by atoms with Crippen molar-refractivity contribution in [1.82, 2.24) is 9.55 Å². The van der Waals surface area contributed by atoms with E-state index in [1.807, 2.05) is 36.4 Å². The van der Waals surface area contributed by atoms with E-state index in [1.165, 1.54) is 36.4 Å². The van der Waals surface area contributed by atoms with Gasteiger partial charge in [0.05, 0.1) is 24.1 Å². The number of methoxy groups -OCH3 is 1. The number of Topliss-reactive ketones (excluding diaryl/α,β-unsaturated/α-hetero) is 1. The van der Waals surface area contributed by atoms with Gasteiger partial charge in [0.25, 0.3) is 5.66 Å². The van der Waals surface area contributed by atoms with E-state index in [-0.39, 0.29) is 33.9 Å². The first-order valence-corrected chi connectivity index (χ1v) is 14.5. The average molecular weight is 622 g/mol. The highest BCUT2D eigenvalue weighted by molar-refractivity contribution is 6.12. The lowest BCUT2D eigenvalue weighted by Crippen LogP contribution is -2.61. The number of ether oxygens (including phenoxy) is 2. The van der Waals surface area contributed by atoms with Crippen LogP contribution in [0.2, 0.25) is 0 Å². The summed E-state index contributed by atoms with van der Waals surface area (Å²) in [5.74, 6) is -2.00. The number of halogens is 3. The minimum Gasteiger partial charge on any atom is -0.497 e. The van der Waals surface area contributed by atoms with Gasteiger partial charge in [-0.15, -0.1) is 0 Å². The fourth-order valence-corrected chi connectivity index (χ4v) is 5.96. The number of rotatable bonds is 6. The molecule has 1 unspecified atom stereocenters. The van der Waals surface area contributed by atoms with Gasteiger partial charge in [-0.3, -0.25) is 14.2 Å². The zero-order valence-corrected chi connectivity index (χ0v) is 24.6. The van der Waals surface area contributed by atoms with Gasteiger partial charge in [0.1, 0.15) is 17.3 Å². The molecule has 10 heteroatoms. The van der Waals surface area contributed by atoms with E-state index < -0.39 is 29.5 Å². The summed E-state index contributed by atoms with van der Waals surface area (Å²) in [4.78, 5) is 32.1. The van der Waals surface area contributed by atoms with Crippen molar-refractivity contribution < 1.29 is 32.2 Å². The number of hydrogen-bond acceptors (Lipinski definition) is 6. The third-order valence-electron chi connectivity index (χ3n) is 8.35. The molecular formula is C36H26F3N3O4. The quantitative estimate of drug-likeness (QED) is 0.150. The lowest BCUT2D eigenvalue weighted by Gasteiger charge is -2.41. The van der Waals surface area contributed by atoms with E-state index in [1.54, 1.807) is 50.4 Å². The second-order valence-electron chi connectivity index (χ2n) is 11.1. The van der Waals surface area contributed by atoms with Crippen LogP contribution in [0.4, 0.5) is 18.9 Å². The average Bonchev–Trinajstić information content (AvgIpc) is 3.45. The lowest BCUT2D eigenvalue weighted by molar-refractivity contribution is -0.186. The molecule has 1 N–H and O–H groups in total. The Hall–Kier alpha value is -5.64. The molecule has 6 aromatic rings. The van der Waals surface area contributed by atoms with Gasteiger partial charge in [0, 0.05) is 16.8 Å². The van der Waals surface area contributed by atoms with Crippen LogP contribution in [0.3, 0.4) is 0 Å². The molecule has 1 aliphatic heterocycles. The zero-order chi connectivity index (χ0) is 32.2. The molecule has 1 aromatic heterocycles. The molecule has 0 radical (unpaired) electrons. The minimum absolute atomic E-state index is 0.0457. The predicted octanol–water partition coefficient (Wildman–Crippen LogP) is 8.10. The maximum atomic E-state index is 15.4. The fourth-order valence-electron chi connectivity index (χ4n) is 5.96. The number of carbonyl (C=O) groups excluding carboxylic acids is 2. The zero-order valence-electron chi connectivity index (χ0n) is 24.6. The molecule has 7 rings (SSSR count). The van der Waals surface area contributed by atoms with Crippen LogP contribution in [-0.2, 0) is 10.5 Å². The number of nitrogens with zero attached hydrogens (tertiary/aromatic N) is 2. The van der Waals surface area contributed by atoms with Crippen LogP contribution in [-0.4, -0.2) is 34.6 Å². The maximum absolute atomic E-state index is 15.4. The number of hydrogen-bond donors (Lipinski definition) is 1. The Morgan fingerprint density at radius 2 is 1.54 bits per heavy atom. The lowest BCUT2D eigenvalue weighted by atomic mass is 9.87. The number of esters is 1. The van der Waals surface area contributed by atoms with Crippen LogP contribution in [0, 0.1) is 0 Å². The van der Waals surface area contributed by atoms with Crippen molar-refractivity contribution in [1.29, 1.82) is 0 Å². The molecule has 0 fully saturated rings. The summed E-state index contributed by atoms with van der Waals surface area (Å²) in [6, 6.07) is 29.3. The number of anilines is 1. The highest BCUT2D eigenvalue weighted by Gasteiger charge is 2.65. The predicted molar refractivity (Wildman–Crippen MR) is 168 cm³/mol. The summed E-state index contributed by atoms with van der Waals surface area (Å²) in [5.41, 5.74) is -2.12. The Balaban J connectivity index is 1.30. The summed E-state index contributed by atoms with van der Waals surface area (Å²) in [5, 5.41) is 4.34. The molecule has 2 atom stereocenters. The number of alkyl halides is 3. The van der Waals surface area contributed by atoms with E-state index in [0.29, 0.717) is 16.8 Å². The van der Waals surface area contributed by atoms with Crippen LogP contribution in [0.5, 0.6) is 11.5 Å². The van der Waals surface area contributed by atoms with Crippen molar-refractivity contribution in [3.8, 4) is 22.9 Å². The van der Waals surface area contributed by atoms with E-state index in [0.717, 1.165) is 15.3 Å². The summed E-state index contributed by atoms with van der Waals surface area (Å²) in [6.07, 6.45) is -5.11. The Morgan fingerprint density at radius 3 is 2.30 bits per heavy atom. The van der Waals surface area contributed by atoms with Crippen molar-refractivity contribution in [3.05, 3.63) is 120 Å². The SMILES string of the molecule is COc1ccc2cc([C@H](C)C(=O)Oc3ccc4c(c3)C(=O)C(Nc3ccccc3)(C(F)(F)F)n3c-4nc4ccccc43)ccc2c1. The standard InChI is InChI=1S/C36H26F3N3O4/c1-21(22-12-13-24-19-26(45-2)15-14-23(24)18-22)34(44)46-27-16-17-28-29(20-27)32(43)35(36(37,38)39,41-25-8-4-3-5-9-25)42-31-11-7-6-10-30(31)40-33(28)42/h3-21,41H,1-2H3/t21-,35?/m0/s1. The van der Waals surface area contributed by atoms with Crippen molar-refractivity contribution in [2.75, 3.05) is 12.4 Å². The summed E-state index contributed by atoms with van der Waals surface area (Å²) >= 11 is 0.